The molecule has 0 amide bonds. The molecule has 0 aliphatic rings. The van der Waals surface area contributed by atoms with Gasteiger partial charge in [-0.25, -0.2) is 9.97 Å². The first-order chi connectivity index (χ1) is 7.36. The number of nitrogens with one attached hydrogen (secondary N) is 1. The lowest BCUT2D eigenvalue weighted by Gasteiger charge is -2.09. The third kappa shape index (κ3) is 1.63. The van der Waals surface area contributed by atoms with Crippen LogP contribution in [0.25, 0.3) is 11.3 Å². The number of hydrogen-bond acceptors (Lipinski definition) is 5. The standard InChI is InChI=1S/C10H11N3O2/c1-11-10-9(14-2)8(12-6-13-10)7-3-4-15-5-7/h3-6H,1-2H3,(H,11,12,13). The maximum Gasteiger partial charge on any atom is 0.187 e. The Labute approximate surface area is 87.1 Å². The van der Waals surface area contributed by atoms with E-state index in [1.54, 1.807) is 26.7 Å². The van der Waals surface area contributed by atoms with Crippen LogP contribution in [0.3, 0.4) is 0 Å². The van der Waals surface area contributed by atoms with Crippen molar-refractivity contribution in [2.24, 2.45) is 0 Å². The van der Waals surface area contributed by atoms with Crippen LogP contribution < -0.4 is 10.1 Å². The second-order valence-electron chi connectivity index (χ2n) is 2.87. The zero-order valence-electron chi connectivity index (χ0n) is 8.52. The molecule has 0 saturated heterocycles. The van der Waals surface area contributed by atoms with Crippen molar-refractivity contribution < 1.29 is 9.15 Å². The second kappa shape index (κ2) is 4.00. The number of methoxy groups -OCH3 is 1. The number of furan rings is 1. The minimum atomic E-state index is 0.612. The van der Waals surface area contributed by atoms with Gasteiger partial charge in [0.05, 0.1) is 19.6 Å². The van der Waals surface area contributed by atoms with Gasteiger partial charge in [0.25, 0.3) is 0 Å². The Balaban J connectivity index is 2.56. The van der Waals surface area contributed by atoms with E-state index in [0.29, 0.717) is 17.3 Å². The highest BCUT2D eigenvalue weighted by Gasteiger charge is 2.13. The van der Waals surface area contributed by atoms with Crippen molar-refractivity contribution in [3.05, 3.63) is 24.9 Å². The van der Waals surface area contributed by atoms with Crippen molar-refractivity contribution in [1.29, 1.82) is 0 Å². The molecule has 1 N–H and O–H groups in total. The van der Waals surface area contributed by atoms with Gasteiger partial charge < -0.3 is 14.5 Å². The topological polar surface area (TPSA) is 60.2 Å². The summed E-state index contributed by atoms with van der Waals surface area (Å²) in [4.78, 5) is 8.23. The molecule has 0 atom stereocenters. The highest BCUT2D eigenvalue weighted by molar-refractivity contribution is 5.71. The van der Waals surface area contributed by atoms with Crippen LogP contribution in [-0.2, 0) is 0 Å². The molecule has 5 heteroatoms. The summed E-state index contributed by atoms with van der Waals surface area (Å²) < 4.78 is 10.3. The van der Waals surface area contributed by atoms with Gasteiger partial charge in [-0.15, -0.1) is 0 Å². The van der Waals surface area contributed by atoms with Gasteiger partial charge in [-0.1, -0.05) is 0 Å². The molecule has 78 valence electrons. The molecule has 2 rings (SSSR count). The first-order valence-electron chi connectivity index (χ1n) is 4.46. The molecule has 2 aromatic heterocycles. The summed E-state index contributed by atoms with van der Waals surface area (Å²) in [6.45, 7) is 0. The predicted molar refractivity (Wildman–Crippen MR) is 55.8 cm³/mol. The van der Waals surface area contributed by atoms with Crippen molar-refractivity contribution in [2.75, 3.05) is 19.5 Å². The number of ether oxygens (including phenoxy) is 1. The molecule has 15 heavy (non-hydrogen) atoms. The molecule has 5 nitrogen and oxygen atoms in total. The van der Waals surface area contributed by atoms with Crippen LogP contribution in [0.5, 0.6) is 5.75 Å². The van der Waals surface area contributed by atoms with Crippen LogP contribution in [-0.4, -0.2) is 24.1 Å². The van der Waals surface area contributed by atoms with Crippen LogP contribution >= 0.6 is 0 Å². The molecule has 0 spiro atoms. The second-order valence-corrected chi connectivity index (χ2v) is 2.87. The van der Waals surface area contributed by atoms with Gasteiger partial charge >= 0.3 is 0 Å². The van der Waals surface area contributed by atoms with Crippen molar-refractivity contribution in [3.8, 4) is 17.0 Å². The maximum atomic E-state index is 5.26. The average Bonchev–Trinajstić information content (AvgIpc) is 2.81. The molecule has 0 aliphatic heterocycles. The zero-order valence-corrected chi connectivity index (χ0v) is 8.52. The fraction of sp³-hybridized carbons (Fsp3) is 0.200. The van der Waals surface area contributed by atoms with Crippen LogP contribution in [0.2, 0.25) is 0 Å². The molecule has 0 saturated carbocycles. The van der Waals surface area contributed by atoms with E-state index >= 15 is 0 Å². The largest absolute Gasteiger partial charge is 0.491 e. The van der Waals surface area contributed by atoms with Crippen LogP contribution in [0.1, 0.15) is 0 Å². The van der Waals surface area contributed by atoms with E-state index in [-0.39, 0.29) is 0 Å². The molecule has 0 unspecified atom stereocenters. The molecular formula is C10H11N3O2. The van der Waals surface area contributed by atoms with Gasteiger partial charge in [-0.3, -0.25) is 0 Å². The lowest BCUT2D eigenvalue weighted by atomic mass is 10.2. The smallest absolute Gasteiger partial charge is 0.187 e. The van der Waals surface area contributed by atoms with E-state index < -0.39 is 0 Å². The molecule has 0 bridgehead atoms. The third-order valence-electron chi connectivity index (χ3n) is 2.04. The summed E-state index contributed by atoms with van der Waals surface area (Å²) >= 11 is 0. The Bertz CT molecular complexity index is 440. The molecule has 0 aliphatic carbocycles. The normalized spacial score (nSPS) is 10.0. The number of anilines is 1. The van der Waals surface area contributed by atoms with E-state index in [4.69, 9.17) is 9.15 Å². The monoisotopic (exact) mass is 205 g/mol. The van der Waals surface area contributed by atoms with Gasteiger partial charge in [0.2, 0.25) is 0 Å². The molecule has 0 aromatic carbocycles. The SMILES string of the molecule is CNc1ncnc(-c2ccoc2)c1OC. The number of aromatic nitrogens is 2. The van der Waals surface area contributed by atoms with E-state index in [0.717, 1.165) is 5.56 Å². The van der Waals surface area contributed by atoms with Crippen molar-refractivity contribution >= 4 is 5.82 Å². The average molecular weight is 205 g/mol. The van der Waals surface area contributed by atoms with E-state index in [9.17, 15) is 0 Å². The Kier molecular flexibility index (Phi) is 2.53. The third-order valence-corrected chi connectivity index (χ3v) is 2.04. The lowest BCUT2D eigenvalue weighted by molar-refractivity contribution is 0.415. The Hall–Kier alpha value is -2.04. The summed E-state index contributed by atoms with van der Waals surface area (Å²) in [6, 6.07) is 1.82. The van der Waals surface area contributed by atoms with Crippen LogP contribution in [0.15, 0.2) is 29.3 Å². The Morgan fingerprint density at radius 2 is 2.27 bits per heavy atom. The van der Waals surface area contributed by atoms with Gasteiger partial charge in [-0.05, 0) is 6.07 Å². The van der Waals surface area contributed by atoms with E-state index in [2.05, 4.69) is 15.3 Å². The Morgan fingerprint density at radius 3 is 2.87 bits per heavy atom. The minimum Gasteiger partial charge on any atom is -0.491 e. The summed E-state index contributed by atoms with van der Waals surface area (Å²) in [7, 11) is 3.37. The molecule has 2 aromatic rings. The quantitative estimate of drug-likeness (QED) is 0.827. The van der Waals surface area contributed by atoms with E-state index in [1.165, 1.54) is 6.33 Å². The molecule has 0 fully saturated rings. The summed E-state index contributed by atoms with van der Waals surface area (Å²) in [6.07, 6.45) is 4.69. The molecule has 0 radical (unpaired) electrons. The zero-order chi connectivity index (χ0) is 10.7. The van der Waals surface area contributed by atoms with Gasteiger partial charge in [0, 0.05) is 12.6 Å². The predicted octanol–water partition coefficient (Wildman–Crippen LogP) is 1.79. The molecular weight excluding hydrogens is 194 g/mol. The van der Waals surface area contributed by atoms with Crippen molar-refractivity contribution in [2.45, 2.75) is 0 Å². The maximum absolute atomic E-state index is 5.26. The summed E-state index contributed by atoms with van der Waals surface area (Å²) in [5.41, 5.74) is 1.58. The highest BCUT2D eigenvalue weighted by atomic mass is 16.5. The number of hydrogen-bond donors (Lipinski definition) is 1. The number of rotatable bonds is 3. The first kappa shape index (κ1) is 9.51. The van der Waals surface area contributed by atoms with Crippen LogP contribution in [0, 0.1) is 0 Å². The van der Waals surface area contributed by atoms with Gasteiger partial charge in [0.1, 0.15) is 12.0 Å². The number of nitrogens with zero attached hydrogens (tertiary/aromatic N) is 2. The fourth-order valence-corrected chi connectivity index (χ4v) is 1.35. The van der Waals surface area contributed by atoms with E-state index in [1.807, 2.05) is 6.07 Å². The van der Waals surface area contributed by atoms with Gasteiger partial charge in [0.15, 0.2) is 11.6 Å². The fourth-order valence-electron chi connectivity index (χ4n) is 1.35. The minimum absolute atomic E-state index is 0.612. The lowest BCUT2D eigenvalue weighted by Crippen LogP contribution is -2.00. The first-order valence-corrected chi connectivity index (χ1v) is 4.46. The molecule has 2 heterocycles. The highest BCUT2D eigenvalue weighted by Crippen LogP contribution is 2.32. The van der Waals surface area contributed by atoms with Crippen molar-refractivity contribution in [1.82, 2.24) is 9.97 Å². The summed E-state index contributed by atoms with van der Waals surface area (Å²) in [5, 5.41) is 2.94. The Morgan fingerprint density at radius 1 is 1.40 bits per heavy atom. The van der Waals surface area contributed by atoms with Crippen molar-refractivity contribution in [3.63, 3.8) is 0 Å². The summed E-state index contributed by atoms with van der Waals surface area (Å²) in [5.74, 6) is 1.27. The van der Waals surface area contributed by atoms with Crippen LogP contribution in [0.4, 0.5) is 5.82 Å². The van der Waals surface area contributed by atoms with Gasteiger partial charge in [-0.2, -0.15) is 0 Å².